The van der Waals surface area contributed by atoms with Crippen molar-refractivity contribution in [3.05, 3.63) is 54.6 Å². The Morgan fingerprint density at radius 3 is 2.34 bits per heavy atom. The van der Waals surface area contributed by atoms with E-state index in [9.17, 15) is 14.7 Å². The van der Waals surface area contributed by atoms with E-state index < -0.39 is 29.6 Å². The van der Waals surface area contributed by atoms with Crippen LogP contribution in [0.4, 0.5) is 4.79 Å². The highest BCUT2D eigenvalue weighted by Crippen LogP contribution is 2.18. The molecule has 0 aliphatic heterocycles. The fourth-order valence-corrected chi connectivity index (χ4v) is 2.77. The van der Waals surface area contributed by atoms with Crippen LogP contribution in [0.2, 0.25) is 0 Å². The first kappa shape index (κ1) is 24.4. The van der Waals surface area contributed by atoms with Crippen LogP contribution in [0, 0.1) is 5.92 Å². The zero-order chi connectivity index (χ0) is 22.0. The van der Waals surface area contributed by atoms with E-state index >= 15 is 0 Å². The summed E-state index contributed by atoms with van der Waals surface area (Å²) in [7, 11) is 0. The summed E-state index contributed by atoms with van der Waals surface area (Å²) in [5, 5.41) is 12.4. The van der Waals surface area contributed by atoms with Gasteiger partial charge in [-0.3, -0.25) is 4.79 Å². The van der Waals surface area contributed by atoms with Crippen molar-refractivity contribution in [2.24, 2.45) is 5.92 Å². The van der Waals surface area contributed by atoms with Crippen LogP contribution >= 0.6 is 0 Å². The maximum atomic E-state index is 12.3. The van der Waals surface area contributed by atoms with Gasteiger partial charge < -0.3 is 19.9 Å². The van der Waals surface area contributed by atoms with Crippen molar-refractivity contribution >= 4 is 17.6 Å². The predicted octanol–water partition coefficient (Wildman–Crippen LogP) is 3.88. The molecule has 6 nitrogen and oxygen atoms in total. The Balaban J connectivity index is 2.96. The molecule has 1 rings (SSSR count). The summed E-state index contributed by atoms with van der Waals surface area (Å²) in [5.74, 6) is -1.21. The van der Waals surface area contributed by atoms with Gasteiger partial charge >= 0.3 is 12.1 Å². The Labute approximate surface area is 173 Å². The number of nitrogens with one attached hydrogen (secondary N) is 1. The minimum atomic E-state index is -0.727. The summed E-state index contributed by atoms with van der Waals surface area (Å²) < 4.78 is 10.4. The maximum absolute atomic E-state index is 12.3. The molecule has 0 aromatic heterocycles. The SMILES string of the molecule is C=CC(=C)c1ccc(C[C@H](C[C@@H](CO)C(=O)OCC)NC(=O)OC(C)(C)C)cc1. The number of amides is 1. The van der Waals surface area contributed by atoms with Gasteiger partial charge in [-0.05, 0) is 57.2 Å². The Morgan fingerprint density at radius 1 is 1.24 bits per heavy atom. The molecule has 0 saturated carbocycles. The van der Waals surface area contributed by atoms with Gasteiger partial charge in [0.1, 0.15) is 5.60 Å². The summed E-state index contributed by atoms with van der Waals surface area (Å²) in [4.78, 5) is 24.4. The van der Waals surface area contributed by atoms with Gasteiger partial charge in [0, 0.05) is 6.04 Å². The lowest BCUT2D eigenvalue weighted by molar-refractivity contribution is -0.149. The van der Waals surface area contributed by atoms with Gasteiger partial charge in [-0.1, -0.05) is 43.5 Å². The van der Waals surface area contributed by atoms with Gasteiger partial charge in [-0.25, -0.2) is 4.79 Å². The lowest BCUT2D eigenvalue weighted by Gasteiger charge is -2.25. The minimum Gasteiger partial charge on any atom is -0.466 e. The normalized spacial score (nSPS) is 13.1. The van der Waals surface area contributed by atoms with Crippen LogP contribution in [-0.4, -0.2) is 42.0 Å². The summed E-state index contributed by atoms with van der Waals surface area (Å²) in [6, 6.07) is 7.32. The second-order valence-electron chi connectivity index (χ2n) is 7.84. The second-order valence-corrected chi connectivity index (χ2v) is 7.84. The Kier molecular flexibility index (Phi) is 9.62. The van der Waals surface area contributed by atoms with Gasteiger partial charge in [0.2, 0.25) is 0 Å². The monoisotopic (exact) mass is 403 g/mol. The molecular formula is C23H33NO5. The molecule has 0 aliphatic rings. The number of esters is 1. The fraction of sp³-hybridized carbons (Fsp3) is 0.478. The number of alkyl carbamates (subject to hydrolysis) is 1. The smallest absolute Gasteiger partial charge is 0.407 e. The standard InChI is InChI=1S/C23H33NO5/c1-7-16(3)18-11-9-17(10-12-18)13-20(24-22(27)29-23(4,5)6)14-19(15-25)21(26)28-8-2/h7,9-12,19-20,25H,1,3,8,13-15H2,2,4-6H3,(H,24,27)/t19-,20+/m0/s1. The first-order valence-electron chi connectivity index (χ1n) is 9.77. The van der Waals surface area contributed by atoms with Crippen molar-refractivity contribution in [3.63, 3.8) is 0 Å². The lowest BCUT2D eigenvalue weighted by Crippen LogP contribution is -2.42. The number of carbonyl (C=O) groups is 2. The van der Waals surface area contributed by atoms with E-state index in [0.717, 1.165) is 16.7 Å². The quantitative estimate of drug-likeness (QED) is 0.457. The van der Waals surface area contributed by atoms with Gasteiger partial charge in [-0.15, -0.1) is 0 Å². The molecule has 0 fully saturated rings. The first-order chi connectivity index (χ1) is 13.6. The third-order valence-corrected chi connectivity index (χ3v) is 4.18. The number of rotatable bonds is 10. The molecule has 29 heavy (non-hydrogen) atoms. The molecule has 1 aromatic carbocycles. The van der Waals surface area contributed by atoms with Crippen molar-refractivity contribution in [1.29, 1.82) is 0 Å². The third kappa shape index (κ3) is 8.96. The van der Waals surface area contributed by atoms with Crippen LogP contribution < -0.4 is 5.32 Å². The van der Waals surface area contributed by atoms with Crippen LogP contribution in [0.5, 0.6) is 0 Å². The zero-order valence-electron chi connectivity index (χ0n) is 17.9. The number of hydrogen-bond acceptors (Lipinski definition) is 5. The highest BCUT2D eigenvalue weighted by Gasteiger charge is 2.26. The highest BCUT2D eigenvalue weighted by molar-refractivity contribution is 5.73. The molecule has 2 atom stereocenters. The van der Waals surface area contributed by atoms with Gasteiger partial charge in [0.25, 0.3) is 0 Å². The molecule has 0 aliphatic carbocycles. The largest absolute Gasteiger partial charge is 0.466 e. The molecule has 6 heteroatoms. The van der Waals surface area contributed by atoms with Crippen LogP contribution in [0.1, 0.15) is 45.2 Å². The summed E-state index contributed by atoms with van der Waals surface area (Å²) in [6.07, 6.45) is 1.82. The van der Waals surface area contributed by atoms with Crippen LogP contribution in [0.15, 0.2) is 43.5 Å². The molecule has 160 valence electrons. The number of aliphatic hydroxyl groups excluding tert-OH is 1. The van der Waals surface area contributed by atoms with E-state index in [-0.39, 0.29) is 19.6 Å². The Morgan fingerprint density at radius 2 is 1.86 bits per heavy atom. The van der Waals surface area contributed by atoms with Crippen LogP contribution in [0.3, 0.4) is 0 Å². The lowest BCUT2D eigenvalue weighted by atomic mass is 9.94. The molecule has 0 heterocycles. The van der Waals surface area contributed by atoms with Crippen LogP contribution in [0.25, 0.3) is 5.57 Å². The number of hydrogen-bond donors (Lipinski definition) is 2. The summed E-state index contributed by atoms with van der Waals surface area (Å²) in [5.41, 5.74) is 2.11. The number of carbonyl (C=O) groups excluding carboxylic acids is 2. The number of benzene rings is 1. The van der Waals surface area contributed by atoms with Gasteiger partial charge in [-0.2, -0.15) is 0 Å². The number of allylic oxidation sites excluding steroid dienone is 2. The second kappa shape index (κ2) is 11.4. The van der Waals surface area contributed by atoms with E-state index in [0.29, 0.717) is 6.42 Å². The van der Waals surface area contributed by atoms with Crippen molar-refractivity contribution in [3.8, 4) is 0 Å². The summed E-state index contributed by atoms with van der Waals surface area (Å²) in [6.45, 7) is 14.6. The summed E-state index contributed by atoms with van der Waals surface area (Å²) >= 11 is 0. The minimum absolute atomic E-state index is 0.230. The Hall–Kier alpha value is -2.60. The number of ether oxygens (including phenoxy) is 2. The fourth-order valence-electron chi connectivity index (χ4n) is 2.77. The van der Waals surface area contributed by atoms with Gasteiger partial charge in [0.15, 0.2) is 0 Å². The van der Waals surface area contributed by atoms with Crippen molar-refractivity contribution < 1.29 is 24.2 Å². The molecule has 2 N–H and O–H groups in total. The molecule has 1 aromatic rings. The topological polar surface area (TPSA) is 84.9 Å². The molecule has 0 unspecified atom stereocenters. The van der Waals surface area contributed by atoms with E-state index in [4.69, 9.17) is 9.47 Å². The first-order valence-corrected chi connectivity index (χ1v) is 9.77. The van der Waals surface area contributed by atoms with E-state index in [2.05, 4.69) is 18.5 Å². The predicted molar refractivity (Wildman–Crippen MR) is 114 cm³/mol. The average molecular weight is 404 g/mol. The van der Waals surface area contributed by atoms with E-state index in [1.165, 1.54) is 0 Å². The van der Waals surface area contributed by atoms with E-state index in [1.807, 2.05) is 24.3 Å². The van der Waals surface area contributed by atoms with Crippen molar-refractivity contribution in [1.82, 2.24) is 5.32 Å². The van der Waals surface area contributed by atoms with Crippen molar-refractivity contribution in [2.45, 2.75) is 52.2 Å². The number of aliphatic hydroxyl groups is 1. The third-order valence-electron chi connectivity index (χ3n) is 4.18. The molecule has 0 spiro atoms. The van der Waals surface area contributed by atoms with Crippen LogP contribution in [-0.2, 0) is 20.7 Å². The maximum Gasteiger partial charge on any atom is 0.407 e. The van der Waals surface area contributed by atoms with E-state index in [1.54, 1.807) is 33.8 Å². The molecule has 0 bridgehead atoms. The highest BCUT2D eigenvalue weighted by atomic mass is 16.6. The molecule has 0 saturated heterocycles. The zero-order valence-corrected chi connectivity index (χ0v) is 17.9. The van der Waals surface area contributed by atoms with Crippen molar-refractivity contribution in [2.75, 3.05) is 13.2 Å². The average Bonchev–Trinajstić information content (AvgIpc) is 2.64. The van der Waals surface area contributed by atoms with Gasteiger partial charge in [0.05, 0.1) is 19.1 Å². The molecular weight excluding hydrogens is 370 g/mol. The Bertz CT molecular complexity index is 703. The molecule has 0 radical (unpaired) electrons. The molecule has 1 amide bonds.